The second-order valence-corrected chi connectivity index (χ2v) is 6.81. The first kappa shape index (κ1) is 20.6. The Bertz CT molecular complexity index is 1050. The third-order valence-electron chi connectivity index (χ3n) is 4.02. The summed E-state index contributed by atoms with van der Waals surface area (Å²) in [5, 5.41) is 1.96. The number of benzene rings is 2. The highest BCUT2D eigenvalue weighted by Crippen LogP contribution is 2.33. The molecular formula is C19H12BrF3N2O4. The number of alkyl halides is 3. The van der Waals surface area contributed by atoms with Gasteiger partial charge in [-0.25, -0.2) is 9.69 Å². The molecule has 1 aliphatic rings. The summed E-state index contributed by atoms with van der Waals surface area (Å²) in [7, 11) is 1.40. The molecule has 6 nitrogen and oxygen atoms in total. The van der Waals surface area contributed by atoms with Gasteiger partial charge in [0, 0.05) is 10.0 Å². The molecular weight excluding hydrogens is 457 g/mol. The lowest BCUT2D eigenvalue weighted by molar-refractivity contribution is -0.137. The second-order valence-electron chi connectivity index (χ2n) is 5.89. The lowest BCUT2D eigenvalue weighted by Crippen LogP contribution is -2.54. The molecule has 3 rings (SSSR count). The van der Waals surface area contributed by atoms with Crippen molar-refractivity contribution in [3.63, 3.8) is 0 Å². The summed E-state index contributed by atoms with van der Waals surface area (Å²) >= 11 is 3.26. The number of rotatable bonds is 3. The molecule has 1 N–H and O–H groups in total. The van der Waals surface area contributed by atoms with E-state index < -0.39 is 35.2 Å². The van der Waals surface area contributed by atoms with Gasteiger partial charge in [-0.05, 0) is 42.5 Å². The van der Waals surface area contributed by atoms with Crippen molar-refractivity contribution in [1.82, 2.24) is 5.32 Å². The summed E-state index contributed by atoms with van der Waals surface area (Å²) < 4.78 is 44.8. The average Bonchev–Trinajstić information content (AvgIpc) is 2.65. The molecule has 2 aromatic rings. The van der Waals surface area contributed by atoms with E-state index in [0.29, 0.717) is 26.8 Å². The minimum atomic E-state index is -4.66. The van der Waals surface area contributed by atoms with Crippen LogP contribution >= 0.6 is 15.9 Å². The maximum Gasteiger partial charge on any atom is 0.416 e. The molecule has 0 aromatic heterocycles. The zero-order valence-electron chi connectivity index (χ0n) is 14.7. The number of anilines is 1. The Balaban J connectivity index is 2.07. The Kier molecular flexibility index (Phi) is 5.47. The number of methoxy groups -OCH3 is 1. The zero-order valence-corrected chi connectivity index (χ0v) is 16.3. The van der Waals surface area contributed by atoms with Crippen molar-refractivity contribution in [3.05, 3.63) is 63.6 Å². The van der Waals surface area contributed by atoms with Crippen molar-refractivity contribution in [2.75, 3.05) is 12.0 Å². The fourth-order valence-electron chi connectivity index (χ4n) is 2.69. The number of hydrogen-bond acceptors (Lipinski definition) is 4. The Morgan fingerprint density at radius 2 is 1.83 bits per heavy atom. The first-order valence-electron chi connectivity index (χ1n) is 8.04. The number of carbonyl (C=O) groups is 3. The van der Waals surface area contributed by atoms with Crippen LogP contribution in [0.5, 0.6) is 5.75 Å². The predicted octanol–water partition coefficient (Wildman–Crippen LogP) is 4.14. The Morgan fingerprint density at radius 3 is 2.48 bits per heavy atom. The Labute approximate surface area is 171 Å². The van der Waals surface area contributed by atoms with Gasteiger partial charge in [-0.1, -0.05) is 22.0 Å². The molecule has 0 saturated carbocycles. The molecule has 1 fully saturated rings. The molecule has 0 spiro atoms. The first-order chi connectivity index (χ1) is 13.6. The molecule has 150 valence electrons. The van der Waals surface area contributed by atoms with Crippen molar-refractivity contribution in [3.8, 4) is 5.75 Å². The lowest BCUT2D eigenvalue weighted by Gasteiger charge is -2.27. The van der Waals surface area contributed by atoms with Gasteiger partial charge in [-0.3, -0.25) is 14.9 Å². The lowest BCUT2D eigenvalue weighted by atomic mass is 10.1. The van der Waals surface area contributed by atoms with Crippen molar-refractivity contribution in [2.24, 2.45) is 0 Å². The van der Waals surface area contributed by atoms with Crippen LogP contribution in [0.4, 0.5) is 23.7 Å². The van der Waals surface area contributed by atoms with Crippen molar-refractivity contribution in [2.45, 2.75) is 6.18 Å². The van der Waals surface area contributed by atoms with Crippen LogP contribution in [0.25, 0.3) is 6.08 Å². The molecule has 10 heteroatoms. The van der Waals surface area contributed by atoms with E-state index >= 15 is 0 Å². The van der Waals surface area contributed by atoms with Gasteiger partial charge >= 0.3 is 12.2 Å². The van der Waals surface area contributed by atoms with Gasteiger partial charge in [0.15, 0.2) is 0 Å². The van der Waals surface area contributed by atoms with Crippen LogP contribution in [0, 0.1) is 0 Å². The summed E-state index contributed by atoms with van der Waals surface area (Å²) in [6.45, 7) is 0. The minimum absolute atomic E-state index is 0.318. The van der Waals surface area contributed by atoms with Gasteiger partial charge in [0.25, 0.3) is 11.8 Å². The molecule has 0 atom stereocenters. The fourth-order valence-corrected chi connectivity index (χ4v) is 3.07. The third-order valence-corrected chi connectivity index (χ3v) is 4.52. The van der Waals surface area contributed by atoms with Crippen molar-refractivity contribution in [1.29, 1.82) is 0 Å². The van der Waals surface area contributed by atoms with Crippen molar-refractivity contribution < 1.29 is 32.3 Å². The SMILES string of the molecule is COc1ccc(Br)cc1/C=C1/C(=O)NC(=O)N(c2cccc(C(F)(F)F)c2)C1=O. The van der Waals surface area contributed by atoms with E-state index in [-0.39, 0.29) is 5.69 Å². The van der Waals surface area contributed by atoms with Gasteiger partial charge in [-0.15, -0.1) is 0 Å². The standard InChI is InChI=1S/C19H12BrF3N2O4/c1-29-15-6-5-12(20)7-10(15)8-14-16(26)24-18(28)25(17(14)27)13-4-2-3-11(9-13)19(21,22)23/h2-9H,1H3,(H,24,26,28)/b14-8-. The van der Waals surface area contributed by atoms with Gasteiger partial charge in [0.05, 0.1) is 18.4 Å². The normalized spacial score (nSPS) is 16.2. The van der Waals surface area contributed by atoms with E-state index in [4.69, 9.17) is 4.74 Å². The molecule has 1 aliphatic heterocycles. The summed E-state index contributed by atoms with van der Waals surface area (Å²) in [6.07, 6.45) is -3.46. The number of barbiturate groups is 1. The number of ether oxygens (including phenoxy) is 1. The minimum Gasteiger partial charge on any atom is -0.496 e. The number of halogens is 4. The number of hydrogen-bond donors (Lipinski definition) is 1. The topological polar surface area (TPSA) is 75.7 Å². The number of nitrogens with zero attached hydrogens (tertiary/aromatic N) is 1. The van der Waals surface area contributed by atoms with Crippen LogP contribution in [-0.2, 0) is 15.8 Å². The maximum absolute atomic E-state index is 13.0. The Morgan fingerprint density at radius 1 is 1.10 bits per heavy atom. The molecule has 1 saturated heterocycles. The van der Waals surface area contributed by atoms with Crippen molar-refractivity contribution >= 4 is 45.5 Å². The highest BCUT2D eigenvalue weighted by molar-refractivity contribution is 9.10. The molecule has 0 radical (unpaired) electrons. The third kappa shape index (κ3) is 4.16. The van der Waals surface area contributed by atoms with E-state index in [0.717, 1.165) is 12.1 Å². The van der Waals surface area contributed by atoms with E-state index in [1.807, 2.05) is 5.32 Å². The monoisotopic (exact) mass is 468 g/mol. The molecule has 0 unspecified atom stereocenters. The number of imide groups is 2. The molecule has 2 aromatic carbocycles. The number of carbonyl (C=O) groups excluding carboxylic acids is 3. The molecule has 29 heavy (non-hydrogen) atoms. The first-order valence-corrected chi connectivity index (χ1v) is 8.83. The maximum atomic E-state index is 13.0. The molecule has 0 aliphatic carbocycles. The van der Waals surface area contributed by atoms with E-state index in [1.54, 1.807) is 18.2 Å². The highest BCUT2D eigenvalue weighted by Gasteiger charge is 2.38. The van der Waals surface area contributed by atoms with Gasteiger partial charge < -0.3 is 4.74 Å². The predicted molar refractivity (Wildman–Crippen MR) is 101 cm³/mol. The second kappa shape index (κ2) is 7.70. The van der Waals surface area contributed by atoms with E-state index in [2.05, 4.69) is 15.9 Å². The number of amides is 4. The number of nitrogens with one attached hydrogen (secondary N) is 1. The summed E-state index contributed by atoms with van der Waals surface area (Å²) in [6, 6.07) is 7.42. The molecule has 4 amide bonds. The van der Waals surface area contributed by atoms with Gasteiger partial charge in [-0.2, -0.15) is 13.2 Å². The quantitative estimate of drug-likeness (QED) is 0.542. The Hall–Kier alpha value is -3.14. The number of urea groups is 1. The average molecular weight is 469 g/mol. The van der Waals surface area contributed by atoms with Crippen LogP contribution in [0.15, 0.2) is 52.5 Å². The summed E-state index contributed by atoms with van der Waals surface area (Å²) in [4.78, 5) is 37.7. The van der Waals surface area contributed by atoms with Crippen LogP contribution in [0.1, 0.15) is 11.1 Å². The van der Waals surface area contributed by atoms with Crippen LogP contribution in [0.2, 0.25) is 0 Å². The largest absolute Gasteiger partial charge is 0.496 e. The van der Waals surface area contributed by atoms with E-state index in [9.17, 15) is 27.6 Å². The summed E-state index contributed by atoms with van der Waals surface area (Å²) in [5.74, 6) is -1.67. The molecule has 0 bridgehead atoms. The molecule has 1 heterocycles. The van der Waals surface area contributed by atoms with Crippen LogP contribution < -0.4 is 15.0 Å². The zero-order chi connectivity index (χ0) is 21.3. The smallest absolute Gasteiger partial charge is 0.416 e. The fraction of sp³-hybridized carbons (Fsp3) is 0.105. The van der Waals surface area contributed by atoms with E-state index in [1.165, 1.54) is 19.3 Å². The van der Waals surface area contributed by atoms with Crippen LogP contribution in [-0.4, -0.2) is 25.0 Å². The van der Waals surface area contributed by atoms with Crippen LogP contribution in [0.3, 0.4) is 0 Å². The van der Waals surface area contributed by atoms with Gasteiger partial charge in [0.1, 0.15) is 11.3 Å². The van der Waals surface area contributed by atoms with Gasteiger partial charge in [0.2, 0.25) is 0 Å². The highest BCUT2D eigenvalue weighted by atomic mass is 79.9. The summed E-state index contributed by atoms with van der Waals surface area (Å²) in [5.41, 5.74) is -1.43.